The summed E-state index contributed by atoms with van der Waals surface area (Å²) in [5.74, 6) is 0. The molecule has 1 aromatic rings. The number of nitrogens with zero attached hydrogens (tertiary/aromatic N) is 1. The van der Waals surface area contributed by atoms with Gasteiger partial charge in [0.25, 0.3) is 0 Å². The van der Waals surface area contributed by atoms with Crippen LogP contribution < -0.4 is 5.73 Å². The Morgan fingerprint density at radius 2 is 1.82 bits per heavy atom. The van der Waals surface area contributed by atoms with Crippen molar-refractivity contribution in [2.45, 2.75) is 31.8 Å². The molecule has 3 heteroatoms. The van der Waals surface area contributed by atoms with E-state index in [1.54, 1.807) is 0 Å². The smallest absolute Gasteiger partial charge is 0.0564 e. The topological polar surface area (TPSA) is 49.5 Å². The predicted molar refractivity (Wildman–Crippen MR) is 70.9 cm³/mol. The van der Waals surface area contributed by atoms with Crippen molar-refractivity contribution in [2.24, 2.45) is 0 Å². The lowest BCUT2D eigenvalue weighted by molar-refractivity contribution is 0.0821. The molecule has 0 atom stereocenters. The van der Waals surface area contributed by atoms with Crippen molar-refractivity contribution < 1.29 is 5.11 Å². The number of aliphatic hydroxyl groups excluding tert-OH is 1. The lowest BCUT2D eigenvalue weighted by atomic mass is 10.1. The van der Waals surface area contributed by atoms with Crippen LogP contribution in [-0.4, -0.2) is 35.7 Å². The SMILES string of the molecule is Nc1ccc(CCCN2CCC(O)CC2)cc1. The molecule has 2 rings (SSSR count). The fraction of sp³-hybridized carbons (Fsp3) is 0.571. The van der Waals surface area contributed by atoms with Crippen molar-refractivity contribution in [1.29, 1.82) is 0 Å². The maximum Gasteiger partial charge on any atom is 0.0564 e. The van der Waals surface area contributed by atoms with Gasteiger partial charge in [-0.3, -0.25) is 0 Å². The van der Waals surface area contributed by atoms with E-state index in [0.717, 1.165) is 44.6 Å². The number of piperidine rings is 1. The number of rotatable bonds is 4. The zero-order chi connectivity index (χ0) is 12.1. The third kappa shape index (κ3) is 4.02. The highest BCUT2D eigenvalue weighted by Gasteiger charge is 2.15. The van der Waals surface area contributed by atoms with E-state index in [9.17, 15) is 5.11 Å². The highest BCUT2D eigenvalue weighted by molar-refractivity contribution is 5.39. The van der Waals surface area contributed by atoms with Crippen LogP contribution in [0.5, 0.6) is 0 Å². The van der Waals surface area contributed by atoms with Gasteiger partial charge in [-0.25, -0.2) is 0 Å². The number of aryl methyl sites for hydroxylation is 1. The monoisotopic (exact) mass is 234 g/mol. The van der Waals surface area contributed by atoms with Crippen LogP contribution in [0, 0.1) is 0 Å². The van der Waals surface area contributed by atoms with Crippen LogP contribution in [-0.2, 0) is 6.42 Å². The molecule has 0 aliphatic carbocycles. The van der Waals surface area contributed by atoms with Crippen molar-refractivity contribution >= 4 is 5.69 Å². The van der Waals surface area contributed by atoms with Crippen molar-refractivity contribution in [2.75, 3.05) is 25.4 Å². The number of likely N-dealkylation sites (tertiary alicyclic amines) is 1. The standard InChI is InChI=1S/C14H22N2O/c15-13-5-3-12(4-6-13)2-1-9-16-10-7-14(17)8-11-16/h3-6,14,17H,1-2,7-11,15H2. The number of hydrogen-bond donors (Lipinski definition) is 2. The van der Waals surface area contributed by atoms with E-state index in [2.05, 4.69) is 17.0 Å². The lowest BCUT2D eigenvalue weighted by Gasteiger charge is -2.29. The van der Waals surface area contributed by atoms with Crippen molar-refractivity contribution in [3.05, 3.63) is 29.8 Å². The summed E-state index contributed by atoms with van der Waals surface area (Å²) in [5.41, 5.74) is 7.84. The van der Waals surface area contributed by atoms with Gasteiger partial charge in [-0.15, -0.1) is 0 Å². The molecule has 0 radical (unpaired) electrons. The van der Waals surface area contributed by atoms with Crippen LogP contribution in [0.3, 0.4) is 0 Å². The maximum atomic E-state index is 9.42. The first-order valence-corrected chi connectivity index (χ1v) is 6.49. The second-order valence-corrected chi connectivity index (χ2v) is 4.92. The molecule has 1 aliphatic rings. The average molecular weight is 234 g/mol. The first-order chi connectivity index (χ1) is 8.24. The van der Waals surface area contributed by atoms with Crippen LogP contribution in [0.15, 0.2) is 24.3 Å². The van der Waals surface area contributed by atoms with E-state index in [1.165, 1.54) is 12.0 Å². The molecule has 17 heavy (non-hydrogen) atoms. The fourth-order valence-electron chi connectivity index (χ4n) is 2.33. The largest absolute Gasteiger partial charge is 0.399 e. The fourth-order valence-corrected chi connectivity index (χ4v) is 2.33. The molecule has 0 unspecified atom stereocenters. The second kappa shape index (κ2) is 6.03. The summed E-state index contributed by atoms with van der Waals surface area (Å²) in [7, 11) is 0. The summed E-state index contributed by atoms with van der Waals surface area (Å²) in [6.07, 6.45) is 4.09. The zero-order valence-electron chi connectivity index (χ0n) is 10.3. The Kier molecular flexibility index (Phi) is 4.40. The van der Waals surface area contributed by atoms with Crippen LogP contribution in [0.4, 0.5) is 5.69 Å². The van der Waals surface area contributed by atoms with E-state index in [0.29, 0.717) is 0 Å². The highest BCUT2D eigenvalue weighted by atomic mass is 16.3. The quantitative estimate of drug-likeness (QED) is 0.779. The molecule has 1 fully saturated rings. The molecule has 94 valence electrons. The average Bonchev–Trinajstić information content (AvgIpc) is 2.34. The number of aliphatic hydroxyl groups is 1. The van der Waals surface area contributed by atoms with E-state index in [1.807, 2.05) is 12.1 Å². The summed E-state index contributed by atoms with van der Waals surface area (Å²) in [5, 5.41) is 9.42. The first kappa shape index (κ1) is 12.4. The van der Waals surface area contributed by atoms with E-state index in [-0.39, 0.29) is 6.10 Å². The summed E-state index contributed by atoms with van der Waals surface area (Å²) < 4.78 is 0. The van der Waals surface area contributed by atoms with E-state index >= 15 is 0 Å². The van der Waals surface area contributed by atoms with Crippen molar-refractivity contribution in [3.8, 4) is 0 Å². The van der Waals surface area contributed by atoms with Gasteiger partial charge in [0.2, 0.25) is 0 Å². The molecular formula is C14H22N2O. The van der Waals surface area contributed by atoms with Gasteiger partial charge in [0.1, 0.15) is 0 Å². The molecule has 1 heterocycles. The summed E-state index contributed by atoms with van der Waals surface area (Å²) in [4.78, 5) is 2.45. The Morgan fingerprint density at radius 1 is 1.18 bits per heavy atom. The number of hydrogen-bond acceptors (Lipinski definition) is 3. The van der Waals surface area contributed by atoms with Gasteiger partial charge in [-0.2, -0.15) is 0 Å². The predicted octanol–water partition coefficient (Wildman–Crippen LogP) is 1.66. The Balaban J connectivity index is 1.67. The maximum absolute atomic E-state index is 9.42. The molecule has 0 saturated carbocycles. The van der Waals surface area contributed by atoms with Gasteiger partial charge in [-0.1, -0.05) is 12.1 Å². The molecule has 0 amide bonds. The summed E-state index contributed by atoms with van der Waals surface area (Å²) in [6.45, 7) is 3.23. The zero-order valence-corrected chi connectivity index (χ0v) is 10.3. The van der Waals surface area contributed by atoms with Crippen molar-refractivity contribution in [3.63, 3.8) is 0 Å². The van der Waals surface area contributed by atoms with Gasteiger partial charge in [0.05, 0.1) is 6.10 Å². The minimum atomic E-state index is -0.0663. The van der Waals surface area contributed by atoms with Crippen LogP contribution in [0.1, 0.15) is 24.8 Å². The molecule has 3 nitrogen and oxygen atoms in total. The number of nitrogen functional groups attached to an aromatic ring is 1. The Labute approximate surface area is 103 Å². The Hall–Kier alpha value is -1.06. The minimum Gasteiger partial charge on any atom is -0.399 e. The molecule has 0 aromatic heterocycles. The first-order valence-electron chi connectivity index (χ1n) is 6.49. The Morgan fingerprint density at radius 3 is 2.47 bits per heavy atom. The molecule has 1 saturated heterocycles. The highest BCUT2D eigenvalue weighted by Crippen LogP contribution is 2.12. The van der Waals surface area contributed by atoms with Gasteiger partial charge < -0.3 is 15.7 Å². The molecule has 3 N–H and O–H groups in total. The summed E-state index contributed by atoms with van der Waals surface area (Å²) >= 11 is 0. The summed E-state index contributed by atoms with van der Waals surface area (Å²) in [6, 6.07) is 8.14. The molecule has 1 aromatic carbocycles. The van der Waals surface area contributed by atoms with Crippen LogP contribution >= 0.6 is 0 Å². The third-order valence-corrected chi connectivity index (χ3v) is 3.48. The van der Waals surface area contributed by atoms with Gasteiger partial charge in [-0.05, 0) is 49.9 Å². The number of nitrogens with two attached hydrogens (primary N) is 1. The minimum absolute atomic E-state index is 0.0663. The third-order valence-electron chi connectivity index (χ3n) is 3.48. The van der Waals surface area contributed by atoms with Crippen LogP contribution in [0.2, 0.25) is 0 Å². The van der Waals surface area contributed by atoms with E-state index in [4.69, 9.17) is 5.73 Å². The van der Waals surface area contributed by atoms with Gasteiger partial charge in [0, 0.05) is 18.8 Å². The van der Waals surface area contributed by atoms with E-state index < -0.39 is 0 Å². The van der Waals surface area contributed by atoms with Gasteiger partial charge >= 0.3 is 0 Å². The Bertz CT molecular complexity index is 329. The van der Waals surface area contributed by atoms with Crippen LogP contribution in [0.25, 0.3) is 0 Å². The molecule has 1 aliphatic heterocycles. The second-order valence-electron chi connectivity index (χ2n) is 4.92. The molecule has 0 spiro atoms. The number of benzene rings is 1. The normalized spacial score (nSPS) is 18.4. The van der Waals surface area contributed by atoms with Gasteiger partial charge in [0.15, 0.2) is 0 Å². The van der Waals surface area contributed by atoms with Crippen molar-refractivity contribution in [1.82, 2.24) is 4.90 Å². The number of anilines is 1. The lowest BCUT2D eigenvalue weighted by Crippen LogP contribution is -2.36. The molecule has 0 bridgehead atoms. The molecular weight excluding hydrogens is 212 g/mol.